The molecular weight excluding hydrogens is 505 g/mol. The highest BCUT2D eigenvalue weighted by atomic mass is 19.4. The van der Waals surface area contributed by atoms with Gasteiger partial charge in [-0.15, -0.1) is 0 Å². The lowest BCUT2D eigenvalue weighted by Gasteiger charge is -2.28. The first-order valence-electron chi connectivity index (χ1n) is 12.2. The highest BCUT2D eigenvalue weighted by molar-refractivity contribution is 5.95. The number of hydrogen-bond acceptors (Lipinski definition) is 3. The summed E-state index contributed by atoms with van der Waals surface area (Å²) < 4.78 is 38.5. The number of carboxylic acid groups (broad SMARTS) is 1. The minimum atomic E-state index is -4.41. The van der Waals surface area contributed by atoms with E-state index < -0.39 is 29.8 Å². The molecule has 0 heterocycles. The summed E-state index contributed by atoms with van der Waals surface area (Å²) in [4.78, 5) is 26.2. The summed E-state index contributed by atoms with van der Waals surface area (Å²) in [5.41, 5.74) is 3.93. The van der Waals surface area contributed by atoms with E-state index in [-0.39, 0.29) is 6.42 Å². The van der Waals surface area contributed by atoms with E-state index in [4.69, 9.17) is 0 Å². The molecule has 0 aliphatic carbocycles. The van der Waals surface area contributed by atoms with Gasteiger partial charge >= 0.3 is 12.1 Å². The minimum Gasteiger partial charge on any atom is -0.481 e. The molecule has 0 saturated heterocycles. The summed E-state index contributed by atoms with van der Waals surface area (Å²) in [6.45, 7) is 0.417. The summed E-state index contributed by atoms with van der Waals surface area (Å²) >= 11 is 0. The summed E-state index contributed by atoms with van der Waals surface area (Å²) in [6.07, 6.45) is -5.47. The van der Waals surface area contributed by atoms with Crippen LogP contribution in [0.2, 0.25) is 0 Å². The zero-order chi connectivity index (χ0) is 28.0. The number of nitrogens with one attached hydrogen (secondary N) is 1. The van der Waals surface area contributed by atoms with Crippen molar-refractivity contribution < 1.29 is 27.9 Å². The molecule has 0 radical (unpaired) electrons. The van der Waals surface area contributed by atoms with E-state index in [2.05, 4.69) is 5.32 Å². The van der Waals surface area contributed by atoms with Crippen molar-refractivity contribution in [3.8, 4) is 22.3 Å². The Labute approximate surface area is 224 Å². The Morgan fingerprint density at radius 2 is 1.26 bits per heavy atom. The summed E-state index contributed by atoms with van der Waals surface area (Å²) in [7, 11) is 1.74. The lowest BCUT2D eigenvalue weighted by atomic mass is 10.0. The van der Waals surface area contributed by atoms with Crippen molar-refractivity contribution in [3.05, 3.63) is 120 Å². The highest BCUT2D eigenvalue weighted by Crippen LogP contribution is 2.31. The lowest BCUT2D eigenvalue weighted by Crippen LogP contribution is -2.47. The molecule has 0 fully saturated rings. The zero-order valence-corrected chi connectivity index (χ0v) is 21.2. The van der Waals surface area contributed by atoms with E-state index in [9.17, 15) is 27.9 Å². The number of hydrogen-bond donors (Lipinski definition) is 2. The third-order valence-corrected chi connectivity index (χ3v) is 6.38. The van der Waals surface area contributed by atoms with Crippen molar-refractivity contribution in [3.63, 3.8) is 0 Å². The molecule has 4 aromatic rings. The fourth-order valence-corrected chi connectivity index (χ4v) is 4.21. The van der Waals surface area contributed by atoms with E-state index in [1.165, 1.54) is 12.1 Å². The molecule has 0 spiro atoms. The smallest absolute Gasteiger partial charge is 0.416 e. The van der Waals surface area contributed by atoms with Gasteiger partial charge in [-0.3, -0.25) is 14.5 Å². The quantitative estimate of drug-likeness (QED) is 0.235. The van der Waals surface area contributed by atoms with Crippen LogP contribution in [0.15, 0.2) is 103 Å². The molecule has 8 heteroatoms. The molecule has 4 aromatic carbocycles. The maximum Gasteiger partial charge on any atom is 0.416 e. The van der Waals surface area contributed by atoms with E-state index in [0.29, 0.717) is 23.2 Å². The predicted molar refractivity (Wildman–Crippen MR) is 144 cm³/mol. The topological polar surface area (TPSA) is 69.6 Å². The molecule has 1 amide bonds. The minimum absolute atomic E-state index is 0.298. The Bertz CT molecular complexity index is 1400. The number of carbonyl (C=O) groups is 2. The first-order valence-corrected chi connectivity index (χ1v) is 12.2. The van der Waals surface area contributed by atoms with Gasteiger partial charge < -0.3 is 10.4 Å². The van der Waals surface area contributed by atoms with Gasteiger partial charge in [0.15, 0.2) is 0 Å². The zero-order valence-electron chi connectivity index (χ0n) is 21.2. The Balaban J connectivity index is 1.42. The first kappa shape index (κ1) is 27.6. The second kappa shape index (κ2) is 12.0. The molecule has 0 aliphatic heterocycles. The molecule has 0 aromatic heterocycles. The van der Waals surface area contributed by atoms with E-state index in [0.717, 1.165) is 28.8 Å². The number of nitrogens with zero attached hydrogens (tertiary/aromatic N) is 1. The van der Waals surface area contributed by atoms with Gasteiger partial charge in [0.1, 0.15) is 0 Å². The lowest BCUT2D eigenvalue weighted by molar-refractivity contribution is -0.139. The van der Waals surface area contributed by atoms with Gasteiger partial charge in [-0.2, -0.15) is 13.2 Å². The predicted octanol–water partition coefficient (Wildman–Crippen LogP) is 6.70. The Morgan fingerprint density at radius 1 is 0.769 bits per heavy atom. The molecule has 4 rings (SSSR count). The standard InChI is InChI=1S/C31H27F3N2O3/c1-36(20-21-7-9-23(10-8-21)22-5-3-2-4-6-22)28(19-29(37)38)35-30(39)26-13-11-24(12-14-26)25-15-17-27(18-16-25)31(32,33)34/h2-18,28H,19-20H2,1H3,(H,35,39)(H,37,38). The van der Waals surface area contributed by atoms with Crippen LogP contribution in [0.5, 0.6) is 0 Å². The summed E-state index contributed by atoms with van der Waals surface area (Å²) in [5.74, 6) is -1.50. The van der Waals surface area contributed by atoms with Crippen LogP contribution in [-0.4, -0.2) is 35.1 Å². The molecule has 200 valence electrons. The molecule has 0 bridgehead atoms. The Hall–Kier alpha value is -4.43. The second-order valence-corrected chi connectivity index (χ2v) is 9.22. The maximum absolute atomic E-state index is 12.9. The van der Waals surface area contributed by atoms with Crippen LogP contribution in [0.25, 0.3) is 22.3 Å². The van der Waals surface area contributed by atoms with Crippen LogP contribution < -0.4 is 5.32 Å². The second-order valence-electron chi connectivity index (χ2n) is 9.22. The normalized spacial score (nSPS) is 12.2. The van der Waals surface area contributed by atoms with E-state index >= 15 is 0 Å². The highest BCUT2D eigenvalue weighted by Gasteiger charge is 2.30. The largest absolute Gasteiger partial charge is 0.481 e. The summed E-state index contributed by atoms with van der Waals surface area (Å²) in [6, 6.07) is 29.1. The van der Waals surface area contributed by atoms with Gasteiger partial charge in [-0.1, -0.05) is 78.9 Å². The van der Waals surface area contributed by atoms with E-state index in [1.54, 1.807) is 36.2 Å². The van der Waals surface area contributed by atoms with Gasteiger partial charge in [0.05, 0.1) is 18.2 Å². The van der Waals surface area contributed by atoms with Gasteiger partial charge in [-0.05, 0) is 59.1 Å². The third-order valence-electron chi connectivity index (χ3n) is 6.38. The third kappa shape index (κ3) is 7.33. The van der Waals surface area contributed by atoms with E-state index in [1.807, 2.05) is 54.6 Å². The summed E-state index contributed by atoms with van der Waals surface area (Å²) in [5, 5.41) is 12.2. The van der Waals surface area contributed by atoms with Gasteiger partial charge in [0, 0.05) is 12.1 Å². The van der Waals surface area contributed by atoms with Crippen LogP contribution in [0.4, 0.5) is 13.2 Å². The number of carbonyl (C=O) groups excluding carboxylic acids is 1. The average Bonchev–Trinajstić information content (AvgIpc) is 2.93. The Kier molecular flexibility index (Phi) is 8.46. The van der Waals surface area contributed by atoms with Crippen LogP contribution in [-0.2, 0) is 17.5 Å². The number of alkyl halides is 3. The Morgan fingerprint density at radius 3 is 1.77 bits per heavy atom. The van der Waals surface area contributed by atoms with Crippen LogP contribution in [0, 0.1) is 0 Å². The molecule has 0 aliphatic rings. The monoisotopic (exact) mass is 532 g/mol. The van der Waals surface area contributed by atoms with Crippen LogP contribution in [0.1, 0.15) is 27.9 Å². The molecule has 1 atom stereocenters. The van der Waals surface area contributed by atoms with Crippen LogP contribution >= 0.6 is 0 Å². The number of halogens is 3. The van der Waals surface area contributed by atoms with Crippen molar-refractivity contribution in [2.75, 3.05) is 7.05 Å². The first-order chi connectivity index (χ1) is 18.6. The number of amides is 1. The number of rotatable bonds is 9. The van der Waals surface area contributed by atoms with Crippen molar-refractivity contribution in [1.29, 1.82) is 0 Å². The fraction of sp³-hybridized carbons (Fsp3) is 0.161. The van der Waals surface area contributed by atoms with Gasteiger partial charge in [0.25, 0.3) is 5.91 Å². The average molecular weight is 533 g/mol. The van der Waals surface area contributed by atoms with Crippen molar-refractivity contribution in [2.24, 2.45) is 0 Å². The van der Waals surface area contributed by atoms with Gasteiger partial charge in [-0.25, -0.2) is 0 Å². The molecular formula is C31H27F3N2O3. The van der Waals surface area contributed by atoms with Crippen LogP contribution in [0.3, 0.4) is 0 Å². The number of benzene rings is 4. The van der Waals surface area contributed by atoms with Crippen molar-refractivity contribution >= 4 is 11.9 Å². The SMILES string of the molecule is CN(Cc1ccc(-c2ccccc2)cc1)C(CC(=O)O)NC(=O)c1ccc(-c2ccc(C(F)(F)F)cc2)cc1. The maximum atomic E-state index is 12.9. The van der Waals surface area contributed by atoms with Crippen molar-refractivity contribution in [2.45, 2.75) is 25.3 Å². The molecule has 1 unspecified atom stereocenters. The molecule has 39 heavy (non-hydrogen) atoms. The van der Waals surface area contributed by atoms with Crippen molar-refractivity contribution in [1.82, 2.24) is 10.2 Å². The molecule has 2 N–H and O–H groups in total. The fourth-order valence-electron chi connectivity index (χ4n) is 4.21. The van der Waals surface area contributed by atoms with Gasteiger partial charge in [0.2, 0.25) is 0 Å². The molecule has 0 saturated carbocycles. The number of aliphatic carboxylic acids is 1. The number of carboxylic acids is 1. The molecule has 5 nitrogen and oxygen atoms in total.